The summed E-state index contributed by atoms with van der Waals surface area (Å²) in [7, 11) is 1.47. The van der Waals surface area contributed by atoms with Crippen LogP contribution in [-0.2, 0) is 7.05 Å². The van der Waals surface area contributed by atoms with E-state index in [1.165, 1.54) is 25.5 Å². The molecule has 0 aliphatic carbocycles. The van der Waals surface area contributed by atoms with Gasteiger partial charge in [0.25, 0.3) is 11.5 Å². The summed E-state index contributed by atoms with van der Waals surface area (Å²) in [6, 6.07) is 4.23. The van der Waals surface area contributed by atoms with Crippen molar-refractivity contribution in [2.45, 2.75) is 0 Å². The number of aromatic nitrogens is 6. The van der Waals surface area contributed by atoms with Crippen LogP contribution in [0.2, 0.25) is 0 Å². The molecule has 3 heterocycles. The van der Waals surface area contributed by atoms with Crippen molar-refractivity contribution in [3.05, 3.63) is 59.3 Å². The number of hydrogen-bond acceptors (Lipinski definition) is 6. The largest absolute Gasteiger partial charge is 0.305 e. The van der Waals surface area contributed by atoms with Crippen LogP contribution in [0.4, 0.5) is 5.82 Å². The Morgan fingerprint density at radius 2 is 2.14 bits per heavy atom. The third-order valence-electron chi connectivity index (χ3n) is 2.86. The van der Waals surface area contributed by atoms with E-state index in [0.29, 0.717) is 11.6 Å². The van der Waals surface area contributed by atoms with Crippen molar-refractivity contribution in [1.29, 1.82) is 0 Å². The topological polar surface area (TPSA) is 108 Å². The second-order valence-electron chi connectivity index (χ2n) is 4.37. The molecular formula is C13H11N7O2. The predicted octanol–water partition coefficient (Wildman–Crippen LogP) is 0.00830. The third kappa shape index (κ3) is 2.73. The maximum atomic E-state index is 12.1. The number of rotatable bonds is 3. The smallest absolute Gasteiger partial charge is 0.277 e. The first kappa shape index (κ1) is 13.6. The van der Waals surface area contributed by atoms with E-state index in [2.05, 4.69) is 25.4 Å². The third-order valence-corrected chi connectivity index (χ3v) is 2.86. The minimum absolute atomic E-state index is 0.116. The lowest BCUT2D eigenvalue weighted by molar-refractivity contribution is 0.101. The SMILES string of the molecule is Cn1nc(C(=O)Nc2cc(-n3ccnc3)ncn2)ccc1=O. The highest BCUT2D eigenvalue weighted by molar-refractivity contribution is 6.02. The van der Waals surface area contributed by atoms with Gasteiger partial charge in [-0.25, -0.2) is 19.6 Å². The summed E-state index contributed by atoms with van der Waals surface area (Å²) in [5.41, 5.74) is -0.175. The van der Waals surface area contributed by atoms with E-state index in [0.717, 1.165) is 4.68 Å². The molecule has 3 aromatic rings. The zero-order valence-electron chi connectivity index (χ0n) is 11.5. The molecule has 0 aromatic carbocycles. The zero-order chi connectivity index (χ0) is 15.5. The van der Waals surface area contributed by atoms with Gasteiger partial charge in [-0.05, 0) is 6.07 Å². The molecule has 0 saturated heterocycles. The van der Waals surface area contributed by atoms with Crippen LogP contribution in [0.15, 0.2) is 48.0 Å². The fourth-order valence-corrected chi connectivity index (χ4v) is 1.76. The molecule has 0 radical (unpaired) electrons. The summed E-state index contributed by atoms with van der Waals surface area (Å²) in [6.45, 7) is 0. The number of hydrogen-bond donors (Lipinski definition) is 1. The predicted molar refractivity (Wildman–Crippen MR) is 76.6 cm³/mol. The molecule has 3 aromatic heterocycles. The van der Waals surface area contributed by atoms with Gasteiger partial charge in [-0.2, -0.15) is 5.10 Å². The van der Waals surface area contributed by atoms with Gasteiger partial charge in [-0.3, -0.25) is 14.2 Å². The van der Waals surface area contributed by atoms with E-state index < -0.39 is 5.91 Å². The highest BCUT2D eigenvalue weighted by Gasteiger charge is 2.10. The van der Waals surface area contributed by atoms with Crippen LogP contribution in [0, 0.1) is 0 Å². The van der Waals surface area contributed by atoms with Gasteiger partial charge in [0, 0.05) is 31.6 Å². The Bertz CT molecular complexity index is 870. The maximum Gasteiger partial charge on any atom is 0.277 e. The van der Waals surface area contributed by atoms with E-state index >= 15 is 0 Å². The molecule has 9 nitrogen and oxygen atoms in total. The second kappa shape index (κ2) is 5.56. The minimum Gasteiger partial charge on any atom is -0.305 e. The lowest BCUT2D eigenvalue weighted by Gasteiger charge is -2.06. The average Bonchev–Trinajstić information content (AvgIpc) is 3.04. The highest BCUT2D eigenvalue weighted by atomic mass is 16.2. The monoisotopic (exact) mass is 297 g/mol. The fraction of sp³-hybridized carbons (Fsp3) is 0.0769. The standard InChI is InChI=1S/C13H11N7O2/c1-19-12(21)3-2-9(18-19)13(22)17-10-6-11(16-7-15-10)20-5-4-14-8-20/h2-8H,1H3,(H,15,16,17,22). The van der Waals surface area contributed by atoms with E-state index in [1.54, 1.807) is 29.4 Å². The lowest BCUT2D eigenvalue weighted by atomic mass is 10.3. The number of carbonyl (C=O) groups is 1. The molecule has 9 heteroatoms. The lowest BCUT2D eigenvalue weighted by Crippen LogP contribution is -2.23. The summed E-state index contributed by atoms with van der Waals surface area (Å²) in [6.07, 6.45) is 6.26. The Morgan fingerprint density at radius 1 is 1.27 bits per heavy atom. The molecular weight excluding hydrogens is 286 g/mol. The molecule has 0 spiro atoms. The van der Waals surface area contributed by atoms with E-state index in [1.807, 2.05) is 0 Å². The minimum atomic E-state index is -0.467. The van der Waals surface area contributed by atoms with Crippen LogP contribution in [0.1, 0.15) is 10.5 Å². The molecule has 0 fully saturated rings. The quantitative estimate of drug-likeness (QED) is 0.729. The van der Waals surface area contributed by atoms with Crippen LogP contribution >= 0.6 is 0 Å². The molecule has 110 valence electrons. The zero-order valence-corrected chi connectivity index (χ0v) is 11.5. The molecule has 0 atom stereocenters. The van der Waals surface area contributed by atoms with Crippen molar-refractivity contribution in [3.63, 3.8) is 0 Å². The summed E-state index contributed by atoms with van der Waals surface area (Å²) in [5.74, 6) is 0.418. The first-order valence-electron chi connectivity index (χ1n) is 6.29. The molecule has 0 saturated carbocycles. The maximum absolute atomic E-state index is 12.1. The van der Waals surface area contributed by atoms with Crippen LogP contribution in [0.5, 0.6) is 0 Å². The van der Waals surface area contributed by atoms with E-state index in [9.17, 15) is 9.59 Å². The van der Waals surface area contributed by atoms with Crippen molar-refractivity contribution in [2.75, 3.05) is 5.32 Å². The first-order valence-corrected chi connectivity index (χ1v) is 6.29. The van der Waals surface area contributed by atoms with Crippen LogP contribution in [-0.4, -0.2) is 35.2 Å². The molecule has 0 bridgehead atoms. The summed E-state index contributed by atoms with van der Waals surface area (Å²) in [5, 5.41) is 6.48. The van der Waals surface area contributed by atoms with Gasteiger partial charge in [0.2, 0.25) is 0 Å². The van der Waals surface area contributed by atoms with Crippen LogP contribution in [0.3, 0.4) is 0 Å². The molecule has 3 rings (SSSR count). The van der Waals surface area contributed by atoms with Crippen molar-refractivity contribution in [2.24, 2.45) is 7.05 Å². The number of nitrogens with zero attached hydrogens (tertiary/aromatic N) is 6. The van der Waals surface area contributed by atoms with Gasteiger partial charge in [0.15, 0.2) is 0 Å². The Labute approximate surface area is 124 Å². The van der Waals surface area contributed by atoms with Gasteiger partial charge in [0.05, 0.1) is 0 Å². The number of carbonyl (C=O) groups excluding carboxylic acids is 1. The van der Waals surface area contributed by atoms with Crippen LogP contribution in [0.25, 0.3) is 5.82 Å². The number of imidazole rings is 1. The molecule has 22 heavy (non-hydrogen) atoms. The van der Waals surface area contributed by atoms with Crippen molar-refractivity contribution in [1.82, 2.24) is 29.3 Å². The van der Waals surface area contributed by atoms with Crippen molar-refractivity contribution >= 4 is 11.7 Å². The second-order valence-corrected chi connectivity index (χ2v) is 4.37. The summed E-state index contributed by atoms with van der Waals surface area (Å²) >= 11 is 0. The van der Waals surface area contributed by atoms with E-state index in [-0.39, 0.29) is 11.3 Å². The van der Waals surface area contributed by atoms with Gasteiger partial charge in [0.1, 0.15) is 30.0 Å². The number of anilines is 1. The summed E-state index contributed by atoms with van der Waals surface area (Å²) < 4.78 is 2.77. The van der Waals surface area contributed by atoms with Crippen molar-refractivity contribution in [3.8, 4) is 5.82 Å². The first-order chi connectivity index (χ1) is 10.6. The average molecular weight is 297 g/mol. The molecule has 0 aliphatic rings. The number of nitrogens with one attached hydrogen (secondary N) is 1. The van der Waals surface area contributed by atoms with Gasteiger partial charge >= 0.3 is 0 Å². The van der Waals surface area contributed by atoms with Crippen LogP contribution < -0.4 is 10.9 Å². The Hall–Kier alpha value is -3.36. The Balaban J connectivity index is 1.83. The van der Waals surface area contributed by atoms with Gasteiger partial charge in [-0.15, -0.1) is 0 Å². The molecule has 0 aliphatic heterocycles. The normalized spacial score (nSPS) is 10.4. The summed E-state index contributed by atoms with van der Waals surface area (Å²) in [4.78, 5) is 35.4. The van der Waals surface area contributed by atoms with Crippen molar-refractivity contribution < 1.29 is 4.79 Å². The van der Waals surface area contributed by atoms with Gasteiger partial charge < -0.3 is 5.32 Å². The highest BCUT2D eigenvalue weighted by Crippen LogP contribution is 2.09. The molecule has 1 N–H and O–H groups in total. The fourth-order valence-electron chi connectivity index (χ4n) is 1.76. The van der Waals surface area contributed by atoms with E-state index in [4.69, 9.17) is 0 Å². The molecule has 0 unspecified atom stereocenters. The molecule has 1 amide bonds. The Kier molecular flexibility index (Phi) is 3.44. The number of amides is 1. The Morgan fingerprint density at radius 3 is 2.86 bits per heavy atom. The van der Waals surface area contributed by atoms with Gasteiger partial charge in [-0.1, -0.05) is 0 Å². The number of aryl methyl sites for hydroxylation is 1.